The molecule has 1 amide bonds. The molecule has 0 saturated heterocycles. The molecule has 0 heterocycles. The highest BCUT2D eigenvalue weighted by Gasteiger charge is 2.18. The molecule has 17 heavy (non-hydrogen) atoms. The van der Waals surface area contributed by atoms with E-state index >= 15 is 0 Å². The van der Waals surface area contributed by atoms with Gasteiger partial charge in [0.05, 0.1) is 5.56 Å². The van der Waals surface area contributed by atoms with Gasteiger partial charge in [-0.05, 0) is 40.9 Å². The van der Waals surface area contributed by atoms with Crippen molar-refractivity contribution in [2.45, 2.75) is 12.8 Å². The summed E-state index contributed by atoms with van der Waals surface area (Å²) in [6.45, 7) is 4.21. The lowest BCUT2D eigenvalue weighted by atomic mass is 10.2. The van der Waals surface area contributed by atoms with Crippen LogP contribution in [-0.4, -0.2) is 24.4 Å². The number of halogens is 2. The van der Waals surface area contributed by atoms with Crippen LogP contribution in [0.4, 0.5) is 4.39 Å². The molecule has 0 atom stereocenters. The summed E-state index contributed by atoms with van der Waals surface area (Å²) in [6.07, 6.45) is 3.48. The lowest BCUT2D eigenvalue weighted by Crippen LogP contribution is -2.28. The van der Waals surface area contributed by atoms with E-state index < -0.39 is 5.82 Å². The van der Waals surface area contributed by atoms with Crippen molar-refractivity contribution in [3.8, 4) is 0 Å². The SMILES string of the molecule is C=CCCCN(C)C(=O)c1c(F)cccc1Br. The minimum absolute atomic E-state index is 0.0913. The molecule has 0 aliphatic carbocycles. The van der Waals surface area contributed by atoms with Crippen molar-refractivity contribution in [3.63, 3.8) is 0 Å². The maximum Gasteiger partial charge on any atom is 0.257 e. The summed E-state index contributed by atoms with van der Waals surface area (Å²) >= 11 is 3.19. The maximum absolute atomic E-state index is 13.6. The number of carbonyl (C=O) groups excluding carboxylic acids is 1. The van der Waals surface area contributed by atoms with Gasteiger partial charge >= 0.3 is 0 Å². The zero-order valence-corrected chi connectivity index (χ0v) is 11.3. The first-order valence-electron chi connectivity index (χ1n) is 5.38. The number of amides is 1. The molecule has 1 aromatic rings. The predicted molar refractivity (Wildman–Crippen MR) is 70.5 cm³/mol. The van der Waals surface area contributed by atoms with Crippen LogP contribution in [0.5, 0.6) is 0 Å². The van der Waals surface area contributed by atoms with E-state index in [2.05, 4.69) is 22.5 Å². The first-order valence-corrected chi connectivity index (χ1v) is 6.17. The maximum atomic E-state index is 13.6. The van der Waals surface area contributed by atoms with Gasteiger partial charge in [-0.25, -0.2) is 4.39 Å². The highest BCUT2D eigenvalue weighted by molar-refractivity contribution is 9.10. The largest absolute Gasteiger partial charge is 0.342 e. The third-order valence-electron chi connectivity index (χ3n) is 2.43. The van der Waals surface area contributed by atoms with Gasteiger partial charge in [0.2, 0.25) is 0 Å². The fraction of sp³-hybridized carbons (Fsp3) is 0.308. The number of hydrogen-bond donors (Lipinski definition) is 0. The normalized spacial score (nSPS) is 10.1. The molecule has 2 nitrogen and oxygen atoms in total. The lowest BCUT2D eigenvalue weighted by Gasteiger charge is -2.17. The van der Waals surface area contributed by atoms with E-state index in [0.717, 1.165) is 12.8 Å². The second kappa shape index (κ2) is 6.55. The third-order valence-corrected chi connectivity index (χ3v) is 3.09. The Labute approximate surface area is 109 Å². The van der Waals surface area contributed by atoms with Gasteiger partial charge in [0.1, 0.15) is 5.82 Å². The third kappa shape index (κ3) is 3.66. The number of unbranched alkanes of at least 4 members (excludes halogenated alkanes) is 1. The highest BCUT2D eigenvalue weighted by Crippen LogP contribution is 2.21. The molecule has 0 spiro atoms. The fourth-order valence-corrected chi connectivity index (χ4v) is 1.98. The van der Waals surface area contributed by atoms with Crippen LogP contribution in [0.15, 0.2) is 35.3 Å². The van der Waals surface area contributed by atoms with E-state index in [9.17, 15) is 9.18 Å². The van der Waals surface area contributed by atoms with Crippen molar-refractivity contribution in [2.24, 2.45) is 0 Å². The topological polar surface area (TPSA) is 20.3 Å². The van der Waals surface area contributed by atoms with Crippen LogP contribution < -0.4 is 0 Å². The Hall–Kier alpha value is -1.16. The summed E-state index contributed by atoms with van der Waals surface area (Å²) < 4.78 is 14.0. The van der Waals surface area contributed by atoms with Gasteiger partial charge < -0.3 is 4.90 Å². The van der Waals surface area contributed by atoms with Crippen LogP contribution in [0.25, 0.3) is 0 Å². The monoisotopic (exact) mass is 299 g/mol. The van der Waals surface area contributed by atoms with Gasteiger partial charge in [0, 0.05) is 18.1 Å². The van der Waals surface area contributed by atoms with Crippen LogP contribution >= 0.6 is 15.9 Å². The summed E-state index contributed by atoms with van der Waals surface area (Å²) in [5.41, 5.74) is 0.0913. The average molecular weight is 300 g/mol. The van der Waals surface area contributed by atoms with Gasteiger partial charge in [-0.1, -0.05) is 12.1 Å². The molecule has 0 aromatic heterocycles. The Balaban J connectivity index is 2.78. The van der Waals surface area contributed by atoms with E-state index in [4.69, 9.17) is 0 Å². The van der Waals surface area contributed by atoms with E-state index in [-0.39, 0.29) is 11.5 Å². The average Bonchev–Trinajstić information content (AvgIpc) is 2.28. The molecule has 1 aromatic carbocycles. The van der Waals surface area contributed by atoms with Gasteiger partial charge in [0.15, 0.2) is 0 Å². The second-order valence-electron chi connectivity index (χ2n) is 3.75. The van der Waals surface area contributed by atoms with Crippen molar-refractivity contribution in [1.29, 1.82) is 0 Å². The van der Waals surface area contributed by atoms with Gasteiger partial charge in [-0.15, -0.1) is 6.58 Å². The Kier molecular flexibility index (Phi) is 5.35. The standard InChI is InChI=1S/C13H15BrFNO/c1-3-4-5-9-16(2)13(17)12-10(14)7-6-8-11(12)15/h3,6-8H,1,4-5,9H2,2H3. The molecule has 0 aliphatic heterocycles. The van der Waals surface area contributed by atoms with Gasteiger partial charge in [-0.3, -0.25) is 4.79 Å². The molecule has 0 bridgehead atoms. The number of benzene rings is 1. The van der Waals surface area contributed by atoms with Crippen molar-refractivity contribution in [3.05, 3.63) is 46.7 Å². The van der Waals surface area contributed by atoms with Gasteiger partial charge in [0.25, 0.3) is 5.91 Å². The van der Waals surface area contributed by atoms with Gasteiger partial charge in [-0.2, -0.15) is 0 Å². The molecule has 92 valence electrons. The van der Waals surface area contributed by atoms with Crippen molar-refractivity contribution in [2.75, 3.05) is 13.6 Å². The molecule has 4 heteroatoms. The summed E-state index contributed by atoms with van der Waals surface area (Å²) in [6, 6.07) is 4.51. The van der Waals surface area contributed by atoms with Crippen LogP contribution in [0, 0.1) is 5.82 Å². The van der Waals surface area contributed by atoms with E-state index in [1.807, 2.05) is 0 Å². The Morgan fingerprint density at radius 2 is 2.29 bits per heavy atom. The lowest BCUT2D eigenvalue weighted by molar-refractivity contribution is 0.0788. The minimum Gasteiger partial charge on any atom is -0.342 e. The van der Waals surface area contributed by atoms with Crippen LogP contribution in [0.1, 0.15) is 23.2 Å². The molecule has 0 unspecified atom stereocenters. The Morgan fingerprint density at radius 1 is 1.59 bits per heavy atom. The summed E-state index contributed by atoms with van der Waals surface area (Å²) in [5, 5.41) is 0. The quantitative estimate of drug-likeness (QED) is 0.600. The Bertz CT molecular complexity index is 400. The number of hydrogen-bond acceptors (Lipinski definition) is 1. The molecule has 0 radical (unpaired) electrons. The van der Waals surface area contributed by atoms with Crippen LogP contribution in [0.3, 0.4) is 0 Å². The molecule has 1 rings (SSSR count). The molecule has 0 N–H and O–H groups in total. The molecular weight excluding hydrogens is 285 g/mol. The highest BCUT2D eigenvalue weighted by atomic mass is 79.9. The minimum atomic E-state index is -0.500. The van der Waals surface area contributed by atoms with Crippen LogP contribution in [-0.2, 0) is 0 Å². The first-order chi connectivity index (χ1) is 8.07. The first kappa shape index (κ1) is 13.9. The molecular formula is C13H15BrFNO. The molecule has 0 saturated carbocycles. The zero-order chi connectivity index (χ0) is 12.8. The Morgan fingerprint density at radius 3 is 2.88 bits per heavy atom. The summed E-state index contributed by atoms with van der Waals surface area (Å²) in [5.74, 6) is -0.806. The summed E-state index contributed by atoms with van der Waals surface area (Å²) in [4.78, 5) is 13.5. The van der Waals surface area contributed by atoms with Crippen molar-refractivity contribution < 1.29 is 9.18 Å². The second-order valence-corrected chi connectivity index (χ2v) is 4.61. The zero-order valence-electron chi connectivity index (χ0n) is 9.75. The number of allylic oxidation sites excluding steroid dienone is 1. The summed E-state index contributed by atoms with van der Waals surface area (Å²) in [7, 11) is 1.67. The number of rotatable bonds is 5. The number of carbonyl (C=O) groups is 1. The van der Waals surface area contributed by atoms with E-state index in [0.29, 0.717) is 11.0 Å². The number of nitrogens with zero attached hydrogens (tertiary/aromatic N) is 1. The molecule has 0 fully saturated rings. The molecule has 0 aliphatic rings. The van der Waals surface area contributed by atoms with Crippen molar-refractivity contribution in [1.82, 2.24) is 4.90 Å². The van der Waals surface area contributed by atoms with E-state index in [1.165, 1.54) is 11.0 Å². The van der Waals surface area contributed by atoms with E-state index in [1.54, 1.807) is 25.3 Å². The smallest absolute Gasteiger partial charge is 0.257 e. The fourth-order valence-electron chi connectivity index (χ4n) is 1.47. The van der Waals surface area contributed by atoms with Crippen molar-refractivity contribution >= 4 is 21.8 Å². The van der Waals surface area contributed by atoms with Crippen LogP contribution in [0.2, 0.25) is 0 Å². The predicted octanol–water partition coefficient (Wildman–Crippen LogP) is 3.63.